The number of hydrogen-bond donors (Lipinski definition) is 2. The highest BCUT2D eigenvalue weighted by Gasteiger charge is 2.19. The number of anilines is 2. The van der Waals surface area contributed by atoms with Crippen molar-refractivity contribution in [3.05, 3.63) is 17.3 Å². The molecule has 0 atom stereocenters. The second-order valence-corrected chi connectivity index (χ2v) is 2.92. The molecule has 0 amide bonds. The van der Waals surface area contributed by atoms with Crippen molar-refractivity contribution in [3.8, 4) is 0 Å². The Morgan fingerprint density at radius 1 is 1.56 bits per heavy atom. The molecule has 0 saturated heterocycles. The third-order valence-electron chi connectivity index (χ3n) is 1.82. The lowest BCUT2D eigenvalue weighted by molar-refractivity contribution is 0.0520. The molecular formula is C9H11F2N3O2. The summed E-state index contributed by atoms with van der Waals surface area (Å²) in [6, 6.07) is 0.930. The molecule has 0 aliphatic rings. The fraction of sp³-hybridized carbons (Fsp3) is 0.333. The molecule has 1 aromatic heterocycles. The topological polar surface area (TPSA) is 91.2 Å². The summed E-state index contributed by atoms with van der Waals surface area (Å²) >= 11 is 0. The number of hydrogen-bond acceptors (Lipinski definition) is 5. The first-order valence-electron chi connectivity index (χ1n) is 4.48. The van der Waals surface area contributed by atoms with Crippen molar-refractivity contribution in [2.75, 3.05) is 18.1 Å². The molecule has 16 heavy (non-hydrogen) atoms. The van der Waals surface area contributed by atoms with Crippen LogP contribution in [0.2, 0.25) is 0 Å². The van der Waals surface area contributed by atoms with Gasteiger partial charge in [-0.2, -0.15) is 0 Å². The third-order valence-corrected chi connectivity index (χ3v) is 1.82. The first kappa shape index (κ1) is 12.2. The summed E-state index contributed by atoms with van der Waals surface area (Å²) in [5.74, 6) is -1.21. The van der Waals surface area contributed by atoms with Crippen LogP contribution in [0.4, 0.5) is 20.3 Å². The molecule has 5 nitrogen and oxygen atoms in total. The number of pyridine rings is 1. The summed E-state index contributed by atoms with van der Waals surface area (Å²) in [4.78, 5) is 14.8. The Morgan fingerprint density at radius 3 is 2.69 bits per heavy atom. The lowest BCUT2D eigenvalue weighted by Gasteiger charge is -2.09. The molecule has 88 valence electrons. The molecule has 0 spiro atoms. The highest BCUT2D eigenvalue weighted by atomic mass is 19.3. The van der Waals surface area contributed by atoms with Gasteiger partial charge in [-0.05, 0) is 13.0 Å². The molecule has 0 aromatic carbocycles. The van der Waals surface area contributed by atoms with Crippen LogP contribution in [-0.2, 0) is 4.74 Å². The minimum Gasteiger partial charge on any atom is -0.461 e. The quantitative estimate of drug-likeness (QED) is 0.766. The van der Waals surface area contributed by atoms with Gasteiger partial charge in [0.15, 0.2) is 5.69 Å². The lowest BCUT2D eigenvalue weighted by Crippen LogP contribution is -2.13. The zero-order valence-electron chi connectivity index (χ0n) is 8.54. The number of ether oxygens (including phenoxy) is 1. The number of nitrogens with zero attached hydrogens (tertiary/aromatic N) is 1. The van der Waals surface area contributed by atoms with E-state index in [0.717, 1.165) is 6.07 Å². The number of nitrogen functional groups attached to an aromatic ring is 2. The van der Waals surface area contributed by atoms with E-state index >= 15 is 0 Å². The Labute approximate surface area is 90.4 Å². The second kappa shape index (κ2) is 4.73. The Kier molecular flexibility index (Phi) is 3.60. The van der Waals surface area contributed by atoms with Crippen LogP contribution in [0.1, 0.15) is 29.4 Å². The molecule has 4 N–H and O–H groups in total. The van der Waals surface area contributed by atoms with Crippen LogP contribution in [0.3, 0.4) is 0 Å². The Morgan fingerprint density at radius 2 is 2.19 bits per heavy atom. The smallest absolute Gasteiger partial charge is 0.359 e. The molecule has 0 bridgehead atoms. The van der Waals surface area contributed by atoms with Crippen molar-refractivity contribution in [1.82, 2.24) is 4.98 Å². The van der Waals surface area contributed by atoms with Crippen LogP contribution in [0.15, 0.2) is 6.07 Å². The Hall–Kier alpha value is -1.92. The fourth-order valence-electron chi connectivity index (χ4n) is 1.10. The van der Waals surface area contributed by atoms with Gasteiger partial charge in [0, 0.05) is 0 Å². The van der Waals surface area contributed by atoms with Gasteiger partial charge in [0.2, 0.25) is 0 Å². The summed E-state index contributed by atoms with van der Waals surface area (Å²) in [5, 5.41) is 0. The summed E-state index contributed by atoms with van der Waals surface area (Å²) in [6.07, 6.45) is -2.79. The maximum Gasteiger partial charge on any atom is 0.359 e. The molecule has 1 aromatic rings. The first-order valence-corrected chi connectivity index (χ1v) is 4.48. The number of carbonyl (C=O) groups is 1. The number of aromatic nitrogens is 1. The van der Waals surface area contributed by atoms with E-state index in [1.54, 1.807) is 6.92 Å². The SMILES string of the molecule is CCOC(=O)c1nc(N)c(C(F)F)cc1N. The molecule has 0 aliphatic carbocycles. The summed E-state index contributed by atoms with van der Waals surface area (Å²) in [5.41, 5.74) is 9.76. The van der Waals surface area contributed by atoms with E-state index in [-0.39, 0.29) is 18.0 Å². The number of rotatable bonds is 3. The lowest BCUT2D eigenvalue weighted by atomic mass is 10.2. The van der Waals surface area contributed by atoms with Gasteiger partial charge in [-0.15, -0.1) is 0 Å². The van der Waals surface area contributed by atoms with E-state index in [0.29, 0.717) is 0 Å². The molecule has 0 saturated carbocycles. The summed E-state index contributed by atoms with van der Waals surface area (Å²) in [6.45, 7) is 1.74. The fourth-order valence-corrected chi connectivity index (χ4v) is 1.10. The van der Waals surface area contributed by atoms with Crippen LogP contribution >= 0.6 is 0 Å². The van der Waals surface area contributed by atoms with E-state index in [1.165, 1.54) is 0 Å². The van der Waals surface area contributed by atoms with Crippen molar-refractivity contribution in [3.63, 3.8) is 0 Å². The number of nitrogens with two attached hydrogens (primary N) is 2. The van der Waals surface area contributed by atoms with Gasteiger partial charge in [0.1, 0.15) is 5.82 Å². The van der Waals surface area contributed by atoms with Crippen molar-refractivity contribution in [2.45, 2.75) is 13.3 Å². The van der Waals surface area contributed by atoms with Gasteiger partial charge in [0.05, 0.1) is 17.9 Å². The minimum atomic E-state index is -2.79. The van der Waals surface area contributed by atoms with Crippen LogP contribution in [0.25, 0.3) is 0 Å². The van der Waals surface area contributed by atoms with Gasteiger partial charge in [-0.1, -0.05) is 0 Å². The predicted octanol–water partition coefficient (Wildman–Crippen LogP) is 1.36. The zero-order chi connectivity index (χ0) is 12.3. The molecular weight excluding hydrogens is 220 g/mol. The van der Waals surface area contributed by atoms with Crippen molar-refractivity contribution in [2.24, 2.45) is 0 Å². The van der Waals surface area contributed by atoms with Crippen LogP contribution in [-0.4, -0.2) is 17.6 Å². The molecule has 1 heterocycles. The van der Waals surface area contributed by atoms with Crippen LogP contribution < -0.4 is 11.5 Å². The number of alkyl halides is 2. The average Bonchev–Trinajstić information content (AvgIpc) is 2.20. The largest absolute Gasteiger partial charge is 0.461 e. The highest BCUT2D eigenvalue weighted by molar-refractivity contribution is 5.93. The van der Waals surface area contributed by atoms with E-state index in [1.807, 2.05) is 0 Å². The van der Waals surface area contributed by atoms with Crippen molar-refractivity contribution in [1.29, 1.82) is 0 Å². The maximum absolute atomic E-state index is 12.4. The zero-order valence-corrected chi connectivity index (χ0v) is 8.54. The van der Waals surface area contributed by atoms with Gasteiger partial charge < -0.3 is 16.2 Å². The van der Waals surface area contributed by atoms with Gasteiger partial charge in [-0.25, -0.2) is 18.6 Å². The van der Waals surface area contributed by atoms with E-state index < -0.39 is 23.8 Å². The normalized spacial score (nSPS) is 10.5. The second-order valence-electron chi connectivity index (χ2n) is 2.92. The summed E-state index contributed by atoms with van der Waals surface area (Å²) in [7, 11) is 0. The third kappa shape index (κ3) is 2.36. The highest BCUT2D eigenvalue weighted by Crippen LogP contribution is 2.27. The molecule has 1 rings (SSSR count). The standard InChI is InChI=1S/C9H11F2N3O2/c1-2-16-9(15)6-5(12)3-4(7(10)11)8(13)14-6/h3,7H,2,12H2,1H3,(H2,13,14). The monoisotopic (exact) mass is 231 g/mol. The Bertz CT molecular complexity index is 410. The molecule has 0 aliphatic heterocycles. The van der Waals surface area contributed by atoms with E-state index in [2.05, 4.69) is 9.72 Å². The van der Waals surface area contributed by atoms with Crippen LogP contribution in [0.5, 0.6) is 0 Å². The van der Waals surface area contributed by atoms with Gasteiger partial charge in [0.25, 0.3) is 6.43 Å². The van der Waals surface area contributed by atoms with Gasteiger partial charge >= 0.3 is 5.97 Å². The van der Waals surface area contributed by atoms with E-state index in [4.69, 9.17) is 11.5 Å². The van der Waals surface area contributed by atoms with E-state index in [9.17, 15) is 13.6 Å². The Balaban J connectivity index is 3.15. The average molecular weight is 231 g/mol. The number of halogens is 2. The summed E-state index contributed by atoms with van der Waals surface area (Å²) < 4.78 is 29.4. The first-order chi connectivity index (χ1) is 7.47. The molecule has 0 fully saturated rings. The molecule has 7 heteroatoms. The number of esters is 1. The van der Waals surface area contributed by atoms with Crippen LogP contribution in [0, 0.1) is 0 Å². The maximum atomic E-state index is 12.4. The number of carbonyl (C=O) groups excluding carboxylic acids is 1. The molecule has 0 radical (unpaired) electrons. The molecule has 0 unspecified atom stereocenters. The minimum absolute atomic E-state index is 0.135. The van der Waals surface area contributed by atoms with Gasteiger partial charge in [-0.3, -0.25) is 0 Å². The van der Waals surface area contributed by atoms with Crippen molar-refractivity contribution >= 4 is 17.5 Å². The van der Waals surface area contributed by atoms with Crippen molar-refractivity contribution < 1.29 is 18.3 Å². The predicted molar refractivity (Wildman–Crippen MR) is 54.0 cm³/mol.